The lowest BCUT2D eigenvalue weighted by Gasteiger charge is -2.21. The van der Waals surface area contributed by atoms with Crippen LogP contribution < -0.4 is 4.74 Å². The standard InChI is InChI=1S/C16H20N2O4S2/c1-17(11-14-5-4-10-23-14)16(19)12-18(2)24(20,21)15-8-6-13(22-3)7-9-15/h4-10H,11-12H2,1-3H3. The van der Waals surface area contributed by atoms with Gasteiger partial charge in [0.1, 0.15) is 5.75 Å². The maximum atomic E-state index is 12.5. The number of hydrogen-bond donors (Lipinski definition) is 0. The van der Waals surface area contributed by atoms with Gasteiger partial charge < -0.3 is 9.64 Å². The minimum atomic E-state index is -3.72. The number of likely N-dealkylation sites (N-methyl/N-ethyl adjacent to an activating group) is 2. The van der Waals surface area contributed by atoms with Crippen LogP contribution in [-0.4, -0.2) is 51.3 Å². The molecule has 1 amide bonds. The Bertz CT molecular complexity index is 771. The van der Waals surface area contributed by atoms with Gasteiger partial charge in [-0.3, -0.25) is 4.79 Å². The summed E-state index contributed by atoms with van der Waals surface area (Å²) in [5.41, 5.74) is 0. The summed E-state index contributed by atoms with van der Waals surface area (Å²) in [6, 6.07) is 9.93. The van der Waals surface area contributed by atoms with Crippen molar-refractivity contribution in [2.24, 2.45) is 0 Å². The van der Waals surface area contributed by atoms with Crippen LogP contribution in [0.4, 0.5) is 0 Å². The summed E-state index contributed by atoms with van der Waals surface area (Å²) in [7, 11) is 0.852. The van der Waals surface area contributed by atoms with Crippen LogP contribution in [0.3, 0.4) is 0 Å². The van der Waals surface area contributed by atoms with Gasteiger partial charge in [-0.15, -0.1) is 11.3 Å². The second-order valence-corrected chi connectivity index (χ2v) is 8.34. The van der Waals surface area contributed by atoms with E-state index in [1.165, 1.54) is 31.2 Å². The quantitative estimate of drug-likeness (QED) is 0.750. The summed E-state index contributed by atoms with van der Waals surface area (Å²) in [5, 5.41) is 1.94. The summed E-state index contributed by atoms with van der Waals surface area (Å²) < 4.78 is 31.1. The minimum Gasteiger partial charge on any atom is -0.497 e. The Hall–Kier alpha value is -1.90. The van der Waals surface area contributed by atoms with E-state index in [4.69, 9.17) is 4.74 Å². The Kier molecular flexibility index (Phi) is 5.98. The summed E-state index contributed by atoms with van der Waals surface area (Å²) in [6.45, 7) is 0.253. The van der Waals surface area contributed by atoms with Gasteiger partial charge in [0.05, 0.1) is 25.1 Å². The van der Waals surface area contributed by atoms with Crippen LogP contribution in [-0.2, 0) is 21.4 Å². The molecule has 130 valence electrons. The molecule has 0 bridgehead atoms. The van der Waals surface area contributed by atoms with E-state index in [1.54, 1.807) is 30.5 Å². The number of carbonyl (C=O) groups excluding carboxylic acids is 1. The molecular weight excluding hydrogens is 348 g/mol. The van der Waals surface area contributed by atoms with Crippen molar-refractivity contribution in [3.05, 3.63) is 46.7 Å². The fraction of sp³-hybridized carbons (Fsp3) is 0.312. The smallest absolute Gasteiger partial charge is 0.243 e. The number of amides is 1. The van der Waals surface area contributed by atoms with E-state index in [9.17, 15) is 13.2 Å². The predicted octanol–water partition coefficient (Wildman–Crippen LogP) is 2.04. The number of ether oxygens (including phenoxy) is 1. The molecule has 0 spiro atoms. The zero-order chi connectivity index (χ0) is 17.7. The number of thiophene rings is 1. The van der Waals surface area contributed by atoms with Crippen molar-refractivity contribution in [3.8, 4) is 5.75 Å². The summed E-state index contributed by atoms with van der Waals surface area (Å²) in [4.78, 5) is 15.0. The SMILES string of the molecule is COc1ccc(S(=O)(=O)N(C)CC(=O)N(C)Cc2cccs2)cc1. The Morgan fingerprint density at radius 2 is 1.83 bits per heavy atom. The number of methoxy groups -OCH3 is 1. The molecule has 2 rings (SSSR count). The van der Waals surface area contributed by atoms with Gasteiger partial charge in [-0.1, -0.05) is 6.07 Å². The largest absolute Gasteiger partial charge is 0.497 e. The Labute approximate surface area is 146 Å². The molecular formula is C16H20N2O4S2. The molecule has 6 nitrogen and oxygen atoms in total. The third kappa shape index (κ3) is 4.34. The molecule has 0 N–H and O–H groups in total. The highest BCUT2D eigenvalue weighted by atomic mass is 32.2. The first-order valence-corrected chi connectivity index (χ1v) is 9.53. The molecule has 8 heteroatoms. The second kappa shape index (κ2) is 7.78. The molecule has 1 aromatic carbocycles. The zero-order valence-electron chi connectivity index (χ0n) is 13.8. The molecule has 24 heavy (non-hydrogen) atoms. The molecule has 1 heterocycles. The van der Waals surface area contributed by atoms with Crippen molar-refractivity contribution in [2.45, 2.75) is 11.4 Å². The first-order chi connectivity index (χ1) is 11.3. The third-order valence-electron chi connectivity index (χ3n) is 3.52. The van der Waals surface area contributed by atoms with Crippen LogP contribution in [0.1, 0.15) is 4.88 Å². The molecule has 0 unspecified atom stereocenters. The fourth-order valence-corrected chi connectivity index (χ4v) is 3.93. The van der Waals surface area contributed by atoms with Gasteiger partial charge in [0, 0.05) is 19.0 Å². The molecule has 0 radical (unpaired) electrons. The van der Waals surface area contributed by atoms with E-state index in [2.05, 4.69) is 0 Å². The Balaban J connectivity index is 2.03. The monoisotopic (exact) mass is 368 g/mol. The fourth-order valence-electron chi connectivity index (χ4n) is 2.05. The molecule has 0 fully saturated rings. The van der Waals surface area contributed by atoms with E-state index >= 15 is 0 Å². The minimum absolute atomic E-state index is 0.125. The van der Waals surface area contributed by atoms with Gasteiger partial charge in [-0.05, 0) is 35.7 Å². The van der Waals surface area contributed by atoms with Crippen molar-refractivity contribution >= 4 is 27.3 Å². The highest BCUT2D eigenvalue weighted by Gasteiger charge is 2.24. The van der Waals surface area contributed by atoms with Gasteiger partial charge in [0.25, 0.3) is 0 Å². The average molecular weight is 368 g/mol. The number of rotatable bonds is 7. The van der Waals surface area contributed by atoms with Crippen LogP contribution >= 0.6 is 11.3 Å². The van der Waals surface area contributed by atoms with Gasteiger partial charge in [-0.25, -0.2) is 8.42 Å². The summed E-state index contributed by atoms with van der Waals surface area (Å²) in [6.07, 6.45) is 0. The highest BCUT2D eigenvalue weighted by Crippen LogP contribution is 2.19. The molecule has 0 aliphatic carbocycles. The lowest BCUT2D eigenvalue weighted by molar-refractivity contribution is -0.130. The zero-order valence-corrected chi connectivity index (χ0v) is 15.4. The van der Waals surface area contributed by atoms with Gasteiger partial charge >= 0.3 is 0 Å². The highest BCUT2D eigenvalue weighted by molar-refractivity contribution is 7.89. The Morgan fingerprint density at radius 3 is 2.38 bits per heavy atom. The van der Waals surface area contributed by atoms with E-state index in [0.29, 0.717) is 12.3 Å². The molecule has 2 aromatic rings. The predicted molar refractivity (Wildman–Crippen MR) is 93.6 cm³/mol. The van der Waals surface area contributed by atoms with Crippen LogP contribution in [0.5, 0.6) is 5.75 Å². The molecule has 0 aliphatic heterocycles. The molecule has 0 saturated heterocycles. The lowest BCUT2D eigenvalue weighted by atomic mass is 10.3. The van der Waals surface area contributed by atoms with E-state index < -0.39 is 10.0 Å². The normalized spacial score (nSPS) is 11.5. The van der Waals surface area contributed by atoms with Crippen molar-refractivity contribution < 1.29 is 17.9 Å². The number of sulfonamides is 1. The van der Waals surface area contributed by atoms with Gasteiger partial charge in [0.2, 0.25) is 15.9 Å². The summed E-state index contributed by atoms with van der Waals surface area (Å²) in [5.74, 6) is 0.311. The van der Waals surface area contributed by atoms with Gasteiger partial charge in [0.15, 0.2) is 0 Å². The number of carbonyl (C=O) groups is 1. The first-order valence-electron chi connectivity index (χ1n) is 7.21. The van der Waals surface area contributed by atoms with Crippen LogP contribution in [0.2, 0.25) is 0 Å². The number of nitrogens with zero attached hydrogens (tertiary/aromatic N) is 2. The molecule has 1 aromatic heterocycles. The van der Waals surface area contributed by atoms with Crippen molar-refractivity contribution in [2.75, 3.05) is 27.7 Å². The van der Waals surface area contributed by atoms with Gasteiger partial charge in [-0.2, -0.15) is 4.31 Å². The van der Waals surface area contributed by atoms with E-state index in [1.807, 2.05) is 17.5 Å². The third-order valence-corrected chi connectivity index (χ3v) is 6.20. The Morgan fingerprint density at radius 1 is 1.17 bits per heavy atom. The van der Waals surface area contributed by atoms with Crippen molar-refractivity contribution in [1.82, 2.24) is 9.21 Å². The number of benzene rings is 1. The second-order valence-electron chi connectivity index (χ2n) is 5.27. The topological polar surface area (TPSA) is 66.9 Å². The van der Waals surface area contributed by atoms with Crippen LogP contribution in [0.25, 0.3) is 0 Å². The average Bonchev–Trinajstić information content (AvgIpc) is 3.07. The van der Waals surface area contributed by atoms with Crippen LogP contribution in [0, 0.1) is 0 Å². The molecule has 0 atom stereocenters. The van der Waals surface area contributed by atoms with E-state index in [-0.39, 0.29) is 17.3 Å². The summed E-state index contributed by atoms with van der Waals surface area (Å²) >= 11 is 1.56. The molecule has 0 saturated carbocycles. The van der Waals surface area contributed by atoms with Crippen molar-refractivity contribution in [3.63, 3.8) is 0 Å². The maximum absolute atomic E-state index is 12.5. The van der Waals surface area contributed by atoms with Crippen LogP contribution in [0.15, 0.2) is 46.7 Å². The van der Waals surface area contributed by atoms with Crippen molar-refractivity contribution in [1.29, 1.82) is 0 Å². The first kappa shape index (κ1) is 18.4. The van der Waals surface area contributed by atoms with E-state index in [0.717, 1.165) is 9.18 Å². The lowest BCUT2D eigenvalue weighted by Crippen LogP contribution is -2.39. The maximum Gasteiger partial charge on any atom is 0.243 e. The number of hydrogen-bond acceptors (Lipinski definition) is 5. The molecule has 0 aliphatic rings.